The smallest absolute Gasteiger partial charge is 0.306 e. The quantitative estimate of drug-likeness (QED) is 0.0324. The van der Waals surface area contributed by atoms with Gasteiger partial charge in [-0.2, -0.15) is 0 Å². The number of hydrogen-bond donors (Lipinski definition) is 3. The van der Waals surface area contributed by atoms with E-state index in [0.29, 0.717) is 19.3 Å². The predicted molar refractivity (Wildman–Crippen MR) is 246 cm³/mol. The zero-order chi connectivity index (χ0) is 41.7. The molecule has 0 aliphatic carbocycles. The number of unbranched alkanes of at least 4 members (excludes halogenated alkanes) is 30. The number of allylic oxidation sites excluding steroid dienone is 4. The van der Waals surface area contributed by atoms with Crippen LogP contribution in [0.2, 0.25) is 0 Å². The van der Waals surface area contributed by atoms with E-state index in [-0.39, 0.29) is 24.9 Å². The summed E-state index contributed by atoms with van der Waals surface area (Å²) in [6, 6.07) is -0.700. The average molecular weight is 804 g/mol. The van der Waals surface area contributed by atoms with Crippen LogP contribution in [0.3, 0.4) is 0 Å². The zero-order valence-electron chi connectivity index (χ0n) is 38.2. The Bertz CT molecular complexity index is 904. The van der Waals surface area contributed by atoms with E-state index in [0.717, 1.165) is 64.2 Å². The van der Waals surface area contributed by atoms with Crippen LogP contribution in [0.4, 0.5) is 0 Å². The second-order valence-corrected chi connectivity index (χ2v) is 17.3. The summed E-state index contributed by atoms with van der Waals surface area (Å²) in [5, 5.41) is 23.6. The molecule has 336 valence electrons. The third-order valence-corrected chi connectivity index (χ3v) is 11.6. The standard InChI is InChI=1S/C51H97NO5/c1-4-7-10-13-16-19-21-23-24-25-27-29-32-35-38-41-44-51(56)57-47(42-39-36-33-31-28-26-22-20-17-14-11-8-5-2)45-50(55)52-48(46-53)49(54)43-40-37-34-30-18-15-12-9-6-3/h24-25,27,29,47-49,53-54H,4-23,26,28,30-46H2,1-3H3,(H,52,55)/b25-24+,29-27+. The number of carbonyl (C=O) groups excluding carboxylic acids is 2. The fourth-order valence-corrected chi connectivity index (χ4v) is 7.72. The third-order valence-electron chi connectivity index (χ3n) is 11.6. The van der Waals surface area contributed by atoms with Crippen molar-refractivity contribution in [2.24, 2.45) is 0 Å². The maximum Gasteiger partial charge on any atom is 0.306 e. The lowest BCUT2D eigenvalue weighted by molar-refractivity contribution is -0.151. The van der Waals surface area contributed by atoms with Gasteiger partial charge in [0.2, 0.25) is 5.91 Å². The summed E-state index contributed by atoms with van der Waals surface area (Å²) in [6.45, 7) is 6.46. The van der Waals surface area contributed by atoms with E-state index >= 15 is 0 Å². The van der Waals surface area contributed by atoms with E-state index in [1.54, 1.807) is 0 Å². The second-order valence-electron chi connectivity index (χ2n) is 17.3. The molecule has 57 heavy (non-hydrogen) atoms. The Kier molecular flexibility index (Phi) is 44.1. The van der Waals surface area contributed by atoms with Crippen molar-refractivity contribution < 1.29 is 24.5 Å². The van der Waals surface area contributed by atoms with Gasteiger partial charge in [0.1, 0.15) is 6.10 Å². The van der Waals surface area contributed by atoms with Crippen molar-refractivity contribution in [3.05, 3.63) is 24.3 Å². The molecule has 0 aromatic heterocycles. The van der Waals surface area contributed by atoms with Crippen molar-refractivity contribution in [2.75, 3.05) is 6.61 Å². The first-order chi connectivity index (χ1) is 28.0. The highest BCUT2D eigenvalue weighted by Gasteiger charge is 2.24. The molecule has 0 fully saturated rings. The number of aliphatic hydroxyl groups is 2. The van der Waals surface area contributed by atoms with Crippen LogP contribution in [0, 0.1) is 0 Å². The van der Waals surface area contributed by atoms with Gasteiger partial charge in [-0.25, -0.2) is 0 Å². The molecule has 0 rings (SSSR count). The molecular formula is C51H97NO5. The number of esters is 1. The van der Waals surface area contributed by atoms with Crippen LogP contribution in [-0.2, 0) is 14.3 Å². The first-order valence-corrected chi connectivity index (χ1v) is 25.1. The van der Waals surface area contributed by atoms with Gasteiger partial charge in [0.15, 0.2) is 0 Å². The monoisotopic (exact) mass is 804 g/mol. The molecule has 0 saturated heterocycles. The number of ether oxygens (including phenoxy) is 1. The Morgan fingerprint density at radius 1 is 0.509 bits per heavy atom. The van der Waals surface area contributed by atoms with E-state index in [1.165, 1.54) is 154 Å². The lowest BCUT2D eigenvalue weighted by Crippen LogP contribution is -2.46. The van der Waals surface area contributed by atoms with Gasteiger partial charge >= 0.3 is 5.97 Å². The Labute approximate surface area is 354 Å². The van der Waals surface area contributed by atoms with Gasteiger partial charge in [-0.15, -0.1) is 0 Å². The van der Waals surface area contributed by atoms with Crippen LogP contribution in [0.15, 0.2) is 24.3 Å². The van der Waals surface area contributed by atoms with Crippen molar-refractivity contribution in [1.29, 1.82) is 0 Å². The summed E-state index contributed by atoms with van der Waals surface area (Å²) in [6.07, 6.45) is 51.0. The second kappa shape index (κ2) is 45.4. The maximum atomic E-state index is 13.1. The summed E-state index contributed by atoms with van der Waals surface area (Å²) in [5.74, 6) is -0.494. The minimum Gasteiger partial charge on any atom is -0.462 e. The van der Waals surface area contributed by atoms with Gasteiger partial charge < -0.3 is 20.3 Å². The fourth-order valence-electron chi connectivity index (χ4n) is 7.72. The van der Waals surface area contributed by atoms with Crippen LogP contribution in [0.25, 0.3) is 0 Å². The van der Waals surface area contributed by atoms with E-state index in [2.05, 4.69) is 50.4 Å². The molecule has 1 amide bonds. The molecule has 6 nitrogen and oxygen atoms in total. The van der Waals surface area contributed by atoms with E-state index in [9.17, 15) is 19.8 Å². The number of rotatable bonds is 45. The van der Waals surface area contributed by atoms with E-state index in [1.807, 2.05) is 0 Å². The number of aliphatic hydroxyl groups excluding tert-OH is 2. The van der Waals surface area contributed by atoms with Crippen molar-refractivity contribution >= 4 is 11.9 Å². The van der Waals surface area contributed by atoms with Gasteiger partial charge in [0.05, 0.1) is 25.2 Å². The van der Waals surface area contributed by atoms with Crippen LogP contribution < -0.4 is 5.32 Å². The number of carbonyl (C=O) groups is 2. The SMILES string of the molecule is CCCCCCCCC/C=C/C=C/CCCCCC(=O)OC(CCCCCCCCCCCCCCC)CC(=O)NC(CO)C(O)CCCCCCCCCCC. The fraction of sp³-hybridized carbons (Fsp3) is 0.882. The van der Waals surface area contributed by atoms with E-state index in [4.69, 9.17) is 4.74 Å². The molecule has 0 aromatic rings. The first kappa shape index (κ1) is 55.3. The molecule has 0 heterocycles. The molecule has 3 unspecified atom stereocenters. The van der Waals surface area contributed by atoms with Gasteiger partial charge in [0, 0.05) is 6.42 Å². The predicted octanol–water partition coefficient (Wildman–Crippen LogP) is 14.7. The number of amides is 1. The third kappa shape index (κ3) is 40.9. The average Bonchev–Trinajstić information content (AvgIpc) is 3.20. The number of nitrogens with one attached hydrogen (secondary N) is 1. The molecule has 0 bridgehead atoms. The van der Waals surface area contributed by atoms with Crippen molar-refractivity contribution in [3.63, 3.8) is 0 Å². The minimum absolute atomic E-state index is 0.0719. The van der Waals surface area contributed by atoms with Crippen LogP contribution >= 0.6 is 0 Å². The molecule has 0 spiro atoms. The van der Waals surface area contributed by atoms with Crippen molar-refractivity contribution in [1.82, 2.24) is 5.32 Å². The van der Waals surface area contributed by atoms with Gasteiger partial charge in [-0.05, 0) is 51.4 Å². The molecule has 0 aliphatic rings. The highest BCUT2D eigenvalue weighted by Crippen LogP contribution is 2.18. The van der Waals surface area contributed by atoms with Gasteiger partial charge in [-0.1, -0.05) is 225 Å². The normalized spacial score (nSPS) is 13.4. The highest BCUT2D eigenvalue weighted by atomic mass is 16.5. The molecule has 3 N–H and O–H groups in total. The van der Waals surface area contributed by atoms with Gasteiger partial charge in [-0.3, -0.25) is 9.59 Å². The molecule has 0 aliphatic heterocycles. The van der Waals surface area contributed by atoms with Crippen molar-refractivity contribution in [2.45, 2.75) is 283 Å². The Hall–Kier alpha value is -1.66. The summed E-state index contributed by atoms with van der Waals surface area (Å²) < 4.78 is 5.91. The summed E-state index contributed by atoms with van der Waals surface area (Å²) in [5.41, 5.74) is 0. The van der Waals surface area contributed by atoms with Crippen LogP contribution in [0.5, 0.6) is 0 Å². The lowest BCUT2D eigenvalue weighted by Gasteiger charge is -2.24. The minimum atomic E-state index is -0.786. The number of hydrogen-bond acceptors (Lipinski definition) is 5. The Morgan fingerprint density at radius 2 is 0.877 bits per heavy atom. The summed E-state index contributed by atoms with van der Waals surface area (Å²) in [7, 11) is 0. The van der Waals surface area contributed by atoms with Gasteiger partial charge in [0.25, 0.3) is 0 Å². The zero-order valence-corrected chi connectivity index (χ0v) is 38.2. The molecule has 0 radical (unpaired) electrons. The largest absolute Gasteiger partial charge is 0.462 e. The van der Waals surface area contributed by atoms with Crippen molar-refractivity contribution in [3.8, 4) is 0 Å². The Morgan fingerprint density at radius 3 is 1.30 bits per heavy atom. The van der Waals surface area contributed by atoms with E-state index < -0.39 is 18.2 Å². The molecule has 0 aromatic carbocycles. The van der Waals surface area contributed by atoms with Crippen LogP contribution in [-0.4, -0.2) is 46.9 Å². The topological polar surface area (TPSA) is 95.9 Å². The Balaban J connectivity index is 4.59. The molecule has 3 atom stereocenters. The lowest BCUT2D eigenvalue weighted by atomic mass is 10.0. The maximum absolute atomic E-state index is 13.1. The summed E-state index contributed by atoms with van der Waals surface area (Å²) >= 11 is 0. The van der Waals surface area contributed by atoms with Crippen LogP contribution in [0.1, 0.15) is 265 Å². The molecule has 0 saturated carbocycles. The summed E-state index contributed by atoms with van der Waals surface area (Å²) in [4.78, 5) is 26.1. The molecular weight excluding hydrogens is 707 g/mol. The first-order valence-electron chi connectivity index (χ1n) is 25.1. The molecule has 6 heteroatoms. The highest BCUT2D eigenvalue weighted by molar-refractivity contribution is 5.77.